The van der Waals surface area contributed by atoms with Gasteiger partial charge in [-0.2, -0.15) is 0 Å². The Morgan fingerprint density at radius 1 is 1.24 bits per heavy atom. The van der Waals surface area contributed by atoms with Crippen LogP contribution in [0.5, 0.6) is 5.75 Å². The van der Waals surface area contributed by atoms with E-state index in [1.54, 1.807) is 25.2 Å². The van der Waals surface area contributed by atoms with Crippen LogP contribution in [0.4, 0.5) is 5.82 Å². The first kappa shape index (κ1) is 15.6. The minimum absolute atomic E-state index is 0.345. The van der Waals surface area contributed by atoms with Crippen LogP contribution >= 0.6 is 11.8 Å². The van der Waals surface area contributed by atoms with E-state index >= 15 is 0 Å². The summed E-state index contributed by atoms with van der Waals surface area (Å²) < 4.78 is 5.42. The molecule has 0 bridgehead atoms. The van der Waals surface area contributed by atoms with Crippen molar-refractivity contribution in [2.75, 3.05) is 19.0 Å². The molecule has 0 amide bonds. The minimum atomic E-state index is 0.345. The lowest BCUT2D eigenvalue weighted by atomic mass is 10.1. The van der Waals surface area contributed by atoms with E-state index in [2.05, 4.69) is 36.1 Å². The zero-order valence-electron chi connectivity index (χ0n) is 12.9. The van der Waals surface area contributed by atoms with Gasteiger partial charge in [-0.25, -0.2) is 9.97 Å². The molecule has 4 nitrogen and oxygen atoms in total. The molecule has 21 heavy (non-hydrogen) atoms. The number of nitrogens with one attached hydrogen (secondary N) is 1. The minimum Gasteiger partial charge on any atom is -0.496 e. The average Bonchev–Trinajstić information content (AvgIpc) is 2.48. The van der Waals surface area contributed by atoms with Gasteiger partial charge >= 0.3 is 0 Å². The van der Waals surface area contributed by atoms with E-state index < -0.39 is 0 Å². The van der Waals surface area contributed by atoms with Crippen LogP contribution < -0.4 is 10.1 Å². The SMILES string of the molecule is CCNc1ncnc(Sc2ccccc2OC)c1C(C)C. The van der Waals surface area contributed by atoms with Crippen molar-refractivity contribution in [3.8, 4) is 5.75 Å². The van der Waals surface area contributed by atoms with E-state index in [-0.39, 0.29) is 0 Å². The fraction of sp³-hybridized carbons (Fsp3) is 0.375. The van der Waals surface area contributed by atoms with Gasteiger partial charge in [-0.3, -0.25) is 0 Å². The molecule has 0 saturated heterocycles. The molecule has 0 aliphatic carbocycles. The molecule has 0 radical (unpaired) electrons. The summed E-state index contributed by atoms with van der Waals surface area (Å²) in [5.74, 6) is 2.12. The van der Waals surface area contributed by atoms with Crippen molar-refractivity contribution >= 4 is 17.6 Å². The quantitative estimate of drug-likeness (QED) is 0.811. The number of nitrogens with zero attached hydrogens (tertiary/aromatic N) is 2. The predicted molar refractivity (Wildman–Crippen MR) is 87.4 cm³/mol. The third kappa shape index (κ3) is 3.67. The molecule has 1 aromatic heterocycles. The number of para-hydroxylation sites is 1. The second-order valence-corrected chi connectivity index (χ2v) is 5.91. The summed E-state index contributed by atoms with van der Waals surface area (Å²) in [6.07, 6.45) is 1.61. The summed E-state index contributed by atoms with van der Waals surface area (Å²) in [6.45, 7) is 7.23. The maximum atomic E-state index is 5.42. The highest BCUT2D eigenvalue weighted by Crippen LogP contribution is 2.39. The Kier molecular flexibility index (Phi) is 5.44. The van der Waals surface area contributed by atoms with Crippen LogP contribution in [0.1, 0.15) is 32.3 Å². The topological polar surface area (TPSA) is 47.0 Å². The van der Waals surface area contributed by atoms with Gasteiger partial charge in [0, 0.05) is 12.1 Å². The predicted octanol–water partition coefficient (Wildman–Crippen LogP) is 4.19. The monoisotopic (exact) mass is 303 g/mol. The number of hydrogen-bond acceptors (Lipinski definition) is 5. The molecule has 112 valence electrons. The van der Waals surface area contributed by atoms with Gasteiger partial charge in [0.05, 0.1) is 12.0 Å². The molecule has 1 heterocycles. The van der Waals surface area contributed by atoms with Gasteiger partial charge in [-0.15, -0.1) is 0 Å². The lowest BCUT2D eigenvalue weighted by Crippen LogP contribution is -2.07. The van der Waals surface area contributed by atoms with E-state index in [1.165, 1.54) is 0 Å². The number of rotatable bonds is 6. The summed E-state index contributed by atoms with van der Waals surface area (Å²) in [6, 6.07) is 7.98. The summed E-state index contributed by atoms with van der Waals surface area (Å²) >= 11 is 1.62. The highest BCUT2D eigenvalue weighted by Gasteiger charge is 2.16. The van der Waals surface area contributed by atoms with Crippen LogP contribution in [0.3, 0.4) is 0 Å². The summed E-state index contributed by atoms with van der Waals surface area (Å²) in [5.41, 5.74) is 1.15. The molecular formula is C16H21N3OS. The smallest absolute Gasteiger partial charge is 0.133 e. The van der Waals surface area contributed by atoms with Crippen molar-refractivity contribution in [1.29, 1.82) is 0 Å². The molecule has 2 rings (SSSR count). The molecular weight excluding hydrogens is 282 g/mol. The zero-order valence-corrected chi connectivity index (χ0v) is 13.7. The molecule has 0 aliphatic heterocycles. The Morgan fingerprint density at radius 2 is 2.00 bits per heavy atom. The standard InChI is InChI=1S/C16H21N3OS/c1-5-17-15-14(11(2)3)16(19-10-18-15)21-13-9-7-6-8-12(13)20-4/h6-11H,5H2,1-4H3,(H,17,18,19). The number of ether oxygens (including phenoxy) is 1. The Hall–Kier alpha value is -1.75. The molecule has 0 fully saturated rings. The summed E-state index contributed by atoms with van der Waals surface area (Å²) in [4.78, 5) is 9.90. The van der Waals surface area contributed by atoms with Crippen molar-refractivity contribution in [2.45, 2.75) is 36.6 Å². The molecule has 0 unspecified atom stereocenters. The normalized spacial score (nSPS) is 10.7. The van der Waals surface area contributed by atoms with Crippen molar-refractivity contribution < 1.29 is 4.74 Å². The Morgan fingerprint density at radius 3 is 2.67 bits per heavy atom. The first-order valence-corrected chi connectivity index (χ1v) is 7.88. The molecule has 0 aliphatic rings. The maximum absolute atomic E-state index is 5.42. The van der Waals surface area contributed by atoms with Crippen LogP contribution in [0.25, 0.3) is 0 Å². The Bertz CT molecular complexity index is 602. The number of methoxy groups -OCH3 is 1. The fourth-order valence-electron chi connectivity index (χ4n) is 2.10. The highest BCUT2D eigenvalue weighted by molar-refractivity contribution is 7.99. The van der Waals surface area contributed by atoms with Gasteiger partial charge < -0.3 is 10.1 Å². The lowest BCUT2D eigenvalue weighted by Gasteiger charge is -2.16. The maximum Gasteiger partial charge on any atom is 0.133 e. The van der Waals surface area contributed by atoms with Crippen molar-refractivity contribution in [2.24, 2.45) is 0 Å². The molecule has 0 atom stereocenters. The number of aromatic nitrogens is 2. The van der Waals surface area contributed by atoms with E-state index in [9.17, 15) is 0 Å². The van der Waals surface area contributed by atoms with Crippen molar-refractivity contribution in [3.05, 3.63) is 36.2 Å². The largest absolute Gasteiger partial charge is 0.496 e. The number of anilines is 1. The van der Waals surface area contributed by atoms with Gasteiger partial charge in [-0.05, 0) is 25.0 Å². The third-order valence-corrected chi connectivity index (χ3v) is 4.12. The van der Waals surface area contributed by atoms with Crippen LogP contribution in [0.15, 0.2) is 40.5 Å². The number of benzene rings is 1. The van der Waals surface area contributed by atoms with Gasteiger partial charge in [0.25, 0.3) is 0 Å². The fourth-order valence-corrected chi connectivity index (χ4v) is 3.25. The molecule has 0 saturated carbocycles. The van der Waals surface area contributed by atoms with E-state index in [1.807, 2.05) is 24.3 Å². The van der Waals surface area contributed by atoms with Gasteiger partial charge in [0.15, 0.2) is 0 Å². The Balaban J connectivity index is 2.41. The van der Waals surface area contributed by atoms with Gasteiger partial charge in [-0.1, -0.05) is 37.7 Å². The van der Waals surface area contributed by atoms with Gasteiger partial charge in [0.1, 0.15) is 22.9 Å². The van der Waals surface area contributed by atoms with Crippen molar-refractivity contribution in [1.82, 2.24) is 9.97 Å². The van der Waals surface area contributed by atoms with Gasteiger partial charge in [0.2, 0.25) is 0 Å². The second kappa shape index (κ2) is 7.31. The zero-order chi connectivity index (χ0) is 15.2. The average molecular weight is 303 g/mol. The van der Waals surface area contributed by atoms with E-state index in [0.717, 1.165) is 33.6 Å². The summed E-state index contributed by atoms with van der Waals surface area (Å²) in [7, 11) is 1.69. The highest BCUT2D eigenvalue weighted by atomic mass is 32.2. The third-order valence-electron chi connectivity index (χ3n) is 3.04. The molecule has 1 aromatic carbocycles. The van der Waals surface area contributed by atoms with E-state index in [0.29, 0.717) is 5.92 Å². The molecule has 5 heteroatoms. The first-order chi connectivity index (χ1) is 10.2. The first-order valence-electron chi connectivity index (χ1n) is 7.07. The Labute approximate surface area is 130 Å². The molecule has 0 spiro atoms. The van der Waals surface area contributed by atoms with Crippen LogP contribution in [-0.4, -0.2) is 23.6 Å². The lowest BCUT2D eigenvalue weighted by molar-refractivity contribution is 0.405. The molecule has 1 N–H and O–H groups in total. The second-order valence-electron chi connectivity index (χ2n) is 4.88. The summed E-state index contributed by atoms with van der Waals surface area (Å²) in [5, 5.41) is 4.29. The van der Waals surface area contributed by atoms with Crippen molar-refractivity contribution in [3.63, 3.8) is 0 Å². The van der Waals surface area contributed by atoms with E-state index in [4.69, 9.17) is 4.74 Å². The molecule has 2 aromatic rings. The number of hydrogen-bond donors (Lipinski definition) is 1. The van der Waals surface area contributed by atoms with Crippen LogP contribution in [-0.2, 0) is 0 Å². The van der Waals surface area contributed by atoms with Crippen LogP contribution in [0.2, 0.25) is 0 Å². The van der Waals surface area contributed by atoms with Crippen LogP contribution in [0, 0.1) is 0 Å².